The first-order valence-corrected chi connectivity index (χ1v) is 10.7. The highest BCUT2D eigenvalue weighted by Gasteiger charge is 2.67. The summed E-state index contributed by atoms with van der Waals surface area (Å²) in [5.74, 6) is -0.0384. The monoisotopic (exact) mass is 417 g/mol. The molecular weight excluding hydrogens is 394 g/mol. The minimum absolute atomic E-state index is 0.0384. The van der Waals surface area contributed by atoms with Gasteiger partial charge >= 0.3 is 6.09 Å². The smallest absolute Gasteiger partial charge is 0.411 e. The third-order valence-electron chi connectivity index (χ3n) is 6.92. The predicted octanol–water partition coefficient (Wildman–Crippen LogP) is 2.98. The largest absolute Gasteiger partial charge is 0.444 e. The summed E-state index contributed by atoms with van der Waals surface area (Å²) >= 11 is 0. The van der Waals surface area contributed by atoms with Crippen molar-refractivity contribution in [1.29, 1.82) is 0 Å². The number of rotatable bonds is 4. The molecule has 0 radical (unpaired) electrons. The molecule has 2 saturated heterocycles. The van der Waals surface area contributed by atoms with E-state index in [2.05, 4.69) is 20.4 Å². The van der Waals surface area contributed by atoms with E-state index in [9.17, 15) is 9.59 Å². The van der Waals surface area contributed by atoms with Crippen LogP contribution >= 0.6 is 0 Å². The lowest BCUT2D eigenvalue weighted by molar-refractivity contribution is -0.0000637. The van der Waals surface area contributed by atoms with Crippen molar-refractivity contribution in [2.24, 2.45) is 0 Å². The van der Waals surface area contributed by atoms with Gasteiger partial charge in [-0.1, -0.05) is 30.3 Å². The molecule has 6 rings (SSSR count). The highest BCUT2D eigenvalue weighted by molar-refractivity contribution is 6.06. The zero-order valence-electron chi connectivity index (χ0n) is 17.0. The second-order valence-electron chi connectivity index (χ2n) is 8.58. The van der Waals surface area contributed by atoms with Gasteiger partial charge in [-0.05, 0) is 36.6 Å². The summed E-state index contributed by atoms with van der Waals surface area (Å²) in [5.41, 5.74) is 2.90. The fraction of sp³-hybridized carbons (Fsp3) is 0.348. The van der Waals surface area contributed by atoms with E-state index in [1.165, 1.54) is 6.42 Å². The van der Waals surface area contributed by atoms with Gasteiger partial charge < -0.3 is 9.64 Å². The number of ether oxygens (including phenoxy) is 1. The molecule has 8 nitrogen and oxygen atoms in total. The highest BCUT2D eigenvalue weighted by Crippen LogP contribution is 2.56. The summed E-state index contributed by atoms with van der Waals surface area (Å²) < 4.78 is 5.29. The highest BCUT2D eigenvalue weighted by atomic mass is 16.5. The topological polar surface area (TPSA) is 90.6 Å². The number of carbonyl (C=O) groups is 2. The molecular formula is C23H23N5O3. The van der Waals surface area contributed by atoms with Gasteiger partial charge in [0.25, 0.3) is 5.91 Å². The average molecular weight is 417 g/mol. The number of aromatic nitrogens is 2. The van der Waals surface area contributed by atoms with Gasteiger partial charge in [-0.2, -0.15) is 5.10 Å². The normalized spacial score (nSPS) is 24.1. The molecule has 2 N–H and O–H groups in total. The van der Waals surface area contributed by atoms with Crippen molar-refractivity contribution in [2.45, 2.75) is 31.0 Å². The Labute approximate surface area is 179 Å². The molecule has 1 aromatic heterocycles. The third-order valence-corrected chi connectivity index (χ3v) is 6.92. The summed E-state index contributed by atoms with van der Waals surface area (Å²) in [7, 11) is 0. The molecule has 2 atom stereocenters. The second kappa shape index (κ2) is 6.81. The van der Waals surface area contributed by atoms with E-state index in [0.717, 1.165) is 37.1 Å². The van der Waals surface area contributed by atoms with Crippen LogP contribution in [0.2, 0.25) is 0 Å². The van der Waals surface area contributed by atoms with Gasteiger partial charge in [-0.3, -0.25) is 20.1 Å². The third kappa shape index (κ3) is 2.97. The van der Waals surface area contributed by atoms with E-state index in [1.54, 1.807) is 12.1 Å². The van der Waals surface area contributed by atoms with Crippen molar-refractivity contribution >= 4 is 28.6 Å². The lowest BCUT2D eigenvalue weighted by Crippen LogP contribution is -2.61. The van der Waals surface area contributed by atoms with E-state index < -0.39 is 6.09 Å². The van der Waals surface area contributed by atoms with Crippen molar-refractivity contribution in [3.8, 4) is 0 Å². The predicted molar refractivity (Wildman–Crippen MR) is 115 cm³/mol. The van der Waals surface area contributed by atoms with Crippen LogP contribution in [-0.2, 0) is 11.3 Å². The van der Waals surface area contributed by atoms with Gasteiger partial charge in [0, 0.05) is 36.2 Å². The van der Waals surface area contributed by atoms with Crippen LogP contribution < -0.4 is 5.32 Å². The number of aromatic amines is 1. The first kappa shape index (κ1) is 18.4. The van der Waals surface area contributed by atoms with Crippen molar-refractivity contribution in [3.05, 3.63) is 59.8 Å². The van der Waals surface area contributed by atoms with Gasteiger partial charge in [0.1, 0.15) is 6.61 Å². The number of H-pyrrole nitrogens is 1. The van der Waals surface area contributed by atoms with E-state index in [1.807, 2.05) is 41.3 Å². The van der Waals surface area contributed by atoms with Crippen molar-refractivity contribution in [2.75, 3.05) is 25.0 Å². The lowest BCUT2D eigenvalue weighted by atomic mass is 9.97. The van der Waals surface area contributed by atoms with Gasteiger partial charge in [-0.15, -0.1) is 0 Å². The van der Waals surface area contributed by atoms with Crippen LogP contribution in [0.3, 0.4) is 0 Å². The molecule has 3 fully saturated rings. The van der Waals surface area contributed by atoms with Crippen LogP contribution in [0.25, 0.3) is 10.9 Å². The molecule has 2 aliphatic heterocycles. The summed E-state index contributed by atoms with van der Waals surface area (Å²) in [4.78, 5) is 30.0. The molecule has 31 heavy (non-hydrogen) atoms. The average Bonchev–Trinajstić information content (AvgIpc) is 3.43. The van der Waals surface area contributed by atoms with Gasteiger partial charge in [0.2, 0.25) is 0 Å². The van der Waals surface area contributed by atoms with Crippen LogP contribution in [-0.4, -0.2) is 63.2 Å². The quantitative estimate of drug-likeness (QED) is 0.681. The summed E-state index contributed by atoms with van der Waals surface area (Å²) in [6.45, 7) is 3.02. The fourth-order valence-corrected chi connectivity index (χ4v) is 5.07. The summed E-state index contributed by atoms with van der Waals surface area (Å²) in [6, 6.07) is 15.2. The second-order valence-corrected chi connectivity index (χ2v) is 8.58. The van der Waals surface area contributed by atoms with Crippen LogP contribution in [0.1, 0.15) is 28.9 Å². The Kier molecular flexibility index (Phi) is 4.04. The summed E-state index contributed by atoms with van der Waals surface area (Å²) in [6.07, 6.45) is 1.71. The van der Waals surface area contributed by atoms with Gasteiger partial charge in [0.15, 0.2) is 5.69 Å². The minimum Gasteiger partial charge on any atom is -0.444 e. The molecule has 1 saturated carbocycles. The Morgan fingerprint density at radius 1 is 1.16 bits per heavy atom. The van der Waals surface area contributed by atoms with Crippen molar-refractivity contribution in [3.63, 3.8) is 0 Å². The number of hydrogen-bond donors (Lipinski definition) is 2. The maximum absolute atomic E-state index is 13.3. The molecule has 3 aliphatic rings. The Hall–Kier alpha value is -3.39. The molecule has 2 amide bonds. The lowest BCUT2D eigenvalue weighted by Gasteiger charge is -2.48. The molecule has 3 heterocycles. The van der Waals surface area contributed by atoms with Crippen molar-refractivity contribution < 1.29 is 14.3 Å². The molecule has 0 bridgehead atoms. The van der Waals surface area contributed by atoms with Crippen LogP contribution in [0.15, 0.2) is 48.5 Å². The van der Waals surface area contributed by atoms with Gasteiger partial charge in [-0.25, -0.2) is 4.79 Å². The van der Waals surface area contributed by atoms with E-state index in [4.69, 9.17) is 4.74 Å². The zero-order chi connectivity index (χ0) is 21.0. The van der Waals surface area contributed by atoms with Crippen LogP contribution in [0, 0.1) is 0 Å². The number of fused-ring (bicyclic) bond motifs is 1. The number of nitrogens with zero attached hydrogens (tertiary/aromatic N) is 3. The Bertz CT molecular complexity index is 1180. The SMILES string of the molecule is O=C(Nc1ccc2[nH]nc(C(=O)N3CCN4CCC45CC35)c2c1)OCc1ccccc1. The molecule has 1 aliphatic carbocycles. The fourth-order valence-electron chi connectivity index (χ4n) is 5.07. The number of anilines is 1. The Morgan fingerprint density at radius 2 is 2.03 bits per heavy atom. The number of piperazine rings is 1. The number of amides is 2. The first-order valence-electron chi connectivity index (χ1n) is 10.7. The maximum atomic E-state index is 13.3. The summed E-state index contributed by atoms with van der Waals surface area (Å²) in [5, 5.41) is 10.7. The van der Waals surface area contributed by atoms with E-state index in [0.29, 0.717) is 22.8 Å². The van der Waals surface area contributed by atoms with Crippen molar-refractivity contribution in [1.82, 2.24) is 20.0 Å². The number of carbonyl (C=O) groups excluding carboxylic acids is 2. The number of hydrogen-bond acceptors (Lipinski definition) is 5. The molecule has 2 aromatic carbocycles. The number of benzene rings is 2. The standard InChI is InChI=1S/C23H23N5O3/c29-21(28-11-10-27-9-8-23(27)13-19(23)28)20-17-12-16(6-7-18(17)25-26-20)24-22(30)31-14-15-4-2-1-3-5-15/h1-7,12,19H,8-11,13-14H2,(H,24,30)(H,25,26). The number of nitrogens with one attached hydrogen (secondary N) is 2. The van der Waals surface area contributed by atoms with Crippen LogP contribution in [0.5, 0.6) is 0 Å². The van der Waals surface area contributed by atoms with Crippen LogP contribution in [0.4, 0.5) is 10.5 Å². The first-order chi connectivity index (χ1) is 15.1. The Morgan fingerprint density at radius 3 is 2.84 bits per heavy atom. The minimum atomic E-state index is -0.541. The van der Waals surface area contributed by atoms with E-state index in [-0.39, 0.29) is 18.1 Å². The maximum Gasteiger partial charge on any atom is 0.411 e. The molecule has 2 unspecified atom stereocenters. The molecule has 3 aromatic rings. The molecule has 158 valence electrons. The Balaban J connectivity index is 1.17. The zero-order valence-corrected chi connectivity index (χ0v) is 17.0. The molecule has 1 spiro atoms. The van der Waals surface area contributed by atoms with E-state index >= 15 is 0 Å². The molecule has 8 heteroatoms. The van der Waals surface area contributed by atoms with Gasteiger partial charge in [0.05, 0.1) is 11.6 Å².